The van der Waals surface area contributed by atoms with Gasteiger partial charge in [0.25, 0.3) is 10.1 Å². The lowest BCUT2D eigenvalue weighted by atomic mass is 10.1. The molecular weight excluding hydrogens is 276 g/mol. The number of carbonyl (C=O) groups is 1. The van der Waals surface area contributed by atoms with Crippen molar-refractivity contribution in [3.63, 3.8) is 0 Å². The summed E-state index contributed by atoms with van der Waals surface area (Å²) in [7, 11) is -3.64. The van der Waals surface area contributed by atoms with E-state index in [1.165, 1.54) is 0 Å². The molecular formula is C15H22O4S. The highest BCUT2D eigenvalue weighted by Gasteiger charge is 2.14. The quantitative estimate of drug-likeness (QED) is 0.518. The smallest absolute Gasteiger partial charge is 0.296 e. The first kappa shape index (κ1) is 16.9. The number of aryl methyl sites for hydroxylation is 1. The maximum atomic E-state index is 11.9. The van der Waals surface area contributed by atoms with Crippen molar-refractivity contribution in [1.82, 2.24) is 0 Å². The van der Waals surface area contributed by atoms with E-state index in [1.807, 2.05) is 6.92 Å². The molecule has 112 valence electrons. The number of hydrogen-bond acceptors (Lipinski definition) is 4. The first-order valence-corrected chi connectivity index (χ1v) is 8.28. The van der Waals surface area contributed by atoms with Gasteiger partial charge in [-0.25, -0.2) is 0 Å². The SMILES string of the molecule is CC(=O)CCCCCCOS(=O)(=O)c1ccc(C)cc1. The molecule has 0 bridgehead atoms. The zero-order valence-corrected chi connectivity index (χ0v) is 12.9. The van der Waals surface area contributed by atoms with Crippen molar-refractivity contribution in [2.45, 2.75) is 50.8 Å². The molecule has 0 saturated carbocycles. The Morgan fingerprint density at radius 3 is 2.25 bits per heavy atom. The van der Waals surface area contributed by atoms with Crippen LogP contribution in [0.5, 0.6) is 0 Å². The van der Waals surface area contributed by atoms with Gasteiger partial charge in [0.1, 0.15) is 5.78 Å². The Bertz CT molecular complexity index is 517. The lowest BCUT2D eigenvalue weighted by Gasteiger charge is -2.06. The second kappa shape index (κ2) is 8.17. The van der Waals surface area contributed by atoms with Crippen molar-refractivity contribution >= 4 is 15.9 Å². The maximum Gasteiger partial charge on any atom is 0.296 e. The van der Waals surface area contributed by atoms with Gasteiger partial charge in [0.2, 0.25) is 0 Å². The predicted octanol–water partition coefficient (Wildman–Crippen LogP) is 3.24. The number of carbonyl (C=O) groups excluding carboxylic acids is 1. The molecule has 0 spiro atoms. The van der Waals surface area contributed by atoms with Gasteiger partial charge in [-0.1, -0.05) is 30.5 Å². The van der Waals surface area contributed by atoms with Gasteiger partial charge in [0.15, 0.2) is 0 Å². The minimum atomic E-state index is -3.64. The van der Waals surface area contributed by atoms with E-state index in [0.717, 1.165) is 24.8 Å². The Hall–Kier alpha value is -1.20. The van der Waals surface area contributed by atoms with E-state index in [0.29, 0.717) is 12.8 Å². The van der Waals surface area contributed by atoms with Crippen molar-refractivity contribution < 1.29 is 17.4 Å². The van der Waals surface area contributed by atoms with Crippen LogP contribution in [0.15, 0.2) is 29.2 Å². The topological polar surface area (TPSA) is 60.4 Å². The Kier molecular flexibility index (Phi) is 6.88. The summed E-state index contributed by atoms with van der Waals surface area (Å²) in [5.74, 6) is 0.197. The van der Waals surface area contributed by atoms with Crippen molar-refractivity contribution in [1.29, 1.82) is 0 Å². The Labute approximate surface area is 121 Å². The molecule has 1 rings (SSSR count). The molecule has 0 N–H and O–H groups in total. The number of unbranched alkanes of at least 4 members (excludes halogenated alkanes) is 3. The fraction of sp³-hybridized carbons (Fsp3) is 0.533. The van der Waals surface area contributed by atoms with E-state index in [-0.39, 0.29) is 17.3 Å². The first-order valence-electron chi connectivity index (χ1n) is 6.87. The monoisotopic (exact) mass is 298 g/mol. The van der Waals surface area contributed by atoms with Gasteiger partial charge in [-0.05, 0) is 38.8 Å². The molecule has 0 heterocycles. The lowest BCUT2D eigenvalue weighted by molar-refractivity contribution is -0.117. The van der Waals surface area contributed by atoms with Crippen LogP contribution in [0, 0.1) is 6.92 Å². The van der Waals surface area contributed by atoms with Crippen LogP contribution in [-0.2, 0) is 19.1 Å². The normalized spacial score (nSPS) is 11.5. The first-order chi connectivity index (χ1) is 9.42. The molecule has 0 unspecified atom stereocenters. The molecule has 0 aliphatic heterocycles. The molecule has 5 heteroatoms. The van der Waals surface area contributed by atoms with E-state index < -0.39 is 10.1 Å². The number of benzene rings is 1. The highest BCUT2D eigenvalue weighted by molar-refractivity contribution is 7.86. The average Bonchev–Trinajstić information content (AvgIpc) is 2.37. The second-order valence-electron chi connectivity index (χ2n) is 4.96. The van der Waals surface area contributed by atoms with Gasteiger partial charge >= 0.3 is 0 Å². The number of hydrogen-bond donors (Lipinski definition) is 0. The van der Waals surface area contributed by atoms with Crippen LogP contribution in [0.25, 0.3) is 0 Å². The molecule has 20 heavy (non-hydrogen) atoms. The Balaban J connectivity index is 2.27. The molecule has 4 nitrogen and oxygen atoms in total. The van der Waals surface area contributed by atoms with E-state index in [9.17, 15) is 13.2 Å². The lowest BCUT2D eigenvalue weighted by Crippen LogP contribution is -2.07. The summed E-state index contributed by atoms with van der Waals surface area (Å²) in [6, 6.07) is 6.60. The summed E-state index contributed by atoms with van der Waals surface area (Å²) in [4.78, 5) is 10.9. The Morgan fingerprint density at radius 2 is 1.65 bits per heavy atom. The van der Waals surface area contributed by atoms with Crippen molar-refractivity contribution in [3.8, 4) is 0 Å². The molecule has 0 aromatic heterocycles. The van der Waals surface area contributed by atoms with E-state index in [1.54, 1.807) is 31.2 Å². The molecule has 0 atom stereocenters. The minimum absolute atomic E-state index is 0.191. The fourth-order valence-corrected chi connectivity index (χ4v) is 2.71. The van der Waals surface area contributed by atoms with Gasteiger partial charge in [0.05, 0.1) is 11.5 Å². The van der Waals surface area contributed by atoms with Crippen LogP contribution >= 0.6 is 0 Å². The number of ketones is 1. The van der Waals surface area contributed by atoms with Crippen LogP contribution in [0.1, 0.15) is 44.6 Å². The van der Waals surface area contributed by atoms with Crippen molar-refractivity contribution in [3.05, 3.63) is 29.8 Å². The third-order valence-corrected chi connectivity index (χ3v) is 4.30. The van der Waals surface area contributed by atoms with Crippen LogP contribution in [0.3, 0.4) is 0 Å². The third kappa shape index (κ3) is 6.30. The second-order valence-corrected chi connectivity index (χ2v) is 6.57. The van der Waals surface area contributed by atoms with Gasteiger partial charge < -0.3 is 4.79 Å². The fourth-order valence-electron chi connectivity index (χ4n) is 1.77. The Morgan fingerprint density at radius 1 is 1.05 bits per heavy atom. The molecule has 0 saturated heterocycles. The van der Waals surface area contributed by atoms with Crippen LogP contribution in [0.2, 0.25) is 0 Å². The molecule has 0 aliphatic carbocycles. The molecule has 1 aromatic rings. The van der Waals surface area contributed by atoms with Crippen LogP contribution < -0.4 is 0 Å². The number of Topliss-reactive ketones (excluding diaryl/α,β-unsaturated/α-hetero) is 1. The van der Waals surface area contributed by atoms with Gasteiger partial charge in [-0.3, -0.25) is 4.18 Å². The van der Waals surface area contributed by atoms with Gasteiger partial charge in [-0.15, -0.1) is 0 Å². The number of rotatable bonds is 9. The summed E-state index contributed by atoms with van der Waals surface area (Å²) in [5, 5.41) is 0. The summed E-state index contributed by atoms with van der Waals surface area (Å²) < 4.78 is 28.7. The van der Waals surface area contributed by atoms with Crippen LogP contribution in [0.4, 0.5) is 0 Å². The molecule has 0 amide bonds. The zero-order chi connectivity index (χ0) is 15.0. The maximum absolute atomic E-state index is 11.9. The average molecular weight is 298 g/mol. The van der Waals surface area contributed by atoms with Gasteiger partial charge in [0, 0.05) is 6.42 Å². The van der Waals surface area contributed by atoms with Crippen molar-refractivity contribution in [2.24, 2.45) is 0 Å². The minimum Gasteiger partial charge on any atom is -0.300 e. The third-order valence-electron chi connectivity index (χ3n) is 2.97. The summed E-state index contributed by atoms with van der Waals surface area (Å²) in [6.45, 7) is 3.67. The zero-order valence-electron chi connectivity index (χ0n) is 12.1. The molecule has 0 aliphatic rings. The van der Waals surface area contributed by atoms with Gasteiger partial charge in [-0.2, -0.15) is 8.42 Å². The van der Waals surface area contributed by atoms with Crippen LogP contribution in [-0.4, -0.2) is 20.8 Å². The molecule has 1 aromatic carbocycles. The highest BCUT2D eigenvalue weighted by atomic mass is 32.2. The van der Waals surface area contributed by atoms with E-state index in [4.69, 9.17) is 4.18 Å². The molecule has 0 radical (unpaired) electrons. The predicted molar refractivity (Wildman–Crippen MR) is 78.1 cm³/mol. The highest BCUT2D eigenvalue weighted by Crippen LogP contribution is 2.14. The van der Waals surface area contributed by atoms with E-state index in [2.05, 4.69) is 0 Å². The summed E-state index contributed by atoms with van der Waals surface area (Å²) >= 11 is 0. The van der Waals surface area contributed by atoms with E-state index >= 15 is 0 Å². The largest absolute Gasteiger partial charge is 0.300 e. The van der Waals surface area contributed by atoms with Crippen molar-refractivity contribution in [2.75, 3.05) is 6.61 Å². The summed E-state index contributed by atoms with van der Waals surface area (Å²) in [6.07, 6.45) is 3.94. The standard InChI is InChI=1S/C15H22O4S/c1-13-8-10-15(11-9-13)20(17,18)19-12-6-4-3-5-7-14(2)16/h8-11H,3-7,12H2,1-2H3. The molecule has 0 fully saturated rings. The summed E-state index contributed by atoms with van der Waals surface area (Å²) in [5.41, 5.74) is 1.01.